The van der Waals surface area contributed by atoms with Crippen LogP contribution in [0.25, 0.3) is 17.0 Å². The highest BCUT2D eigenvalue weighted by atomic mass is 16.6. The summed E-state index contributed by atoms with van der Waals surface area (Å²) in [7, 11) is 0. The van der Waals surface area contributed by atoms with Crippen molar-refractivity contribution < 1.29 is 23.9 Å². The number of piperidine rings is 1. The number of aromatic nitrogens is 2. The molecule has 0 aliphatic carbocycles. The van der Waals surface area contributed by atoms with Crippen molar-refractivity contribution >= 4 is 52.1 Å². The van der Waals surface area contributed by atoms with Crippen molar-refractivity contribution in [3.63, 3.8) is 0 Å². The van der Waals surface area contributed by atoms with Gasteiger partial charge in [0.1, 0.15) is 12.2 Å². The van der Waals surface area contributed by atoms with Crippen LogP contribution in [0.3, 0.4) is 0 Å². The molecule has 0 unspecified atom stereocenters. The van der Waals surface area contributed by atoms with Crippen molar-refractivity contribution in [2.24, 2.45) is 11.7 Å². The average molecular weight is 693 g/mol. The first-order valence-electron chi connectivity index (χ1n) is 16.6. The van der Waals surface area contributed by atoms with Gasteiger partial charge in [-0.1, -0.05) is 62.0 Å². The largest absolute Gasteiger partial charge is 0.444 e. The Morgan fingerprint density at radius 1 is 1.02 bits per heavy atom. The fraction of sp³-hybridized carbons (Fsp3) is 0.289. The molecule has 0 spiro atoms. The molecule has 1 aliphatic heterocycles. The average Bonchev–Trinajstić information content (AvgIpc) is 3.09. The Kier molecular flexibility index (Phi) is 11.4. The van der Waals surface area contributed by atoms with Crippen molar-refractivity contribution in [3.05, 3.63) is 109 Å². The number of carbonyl (C=O) groups is 3. The van der Waals surface area contributed by atoms with Crippen LogP contribution in [0, 0.1) is 5.92 Å². The highest BCUT2D eigenvalue weighted by molar-refractivity contribution is 6.11. The molecule has 2 aromatic heterocycles. The van der Waals surface area contributed by atoms with Gasteiger partial charge in [-0.05, 0) is 56.0 Å². The molecule has 13 nitrogen and oxygen atoms in total. The Hall–Kier alpha value is -6.11. The van der Waals surface area contributed by atoms with Crippen LogP contribution in [0.2, 0.25) is 0 Å². The molecular formula is C38H44N8O5. The summed E-state index contributed by atoms with van der Waals surface area (Å²) in [5.41, 5.74) is 8.37. The van der Waals surface area contributed by atoms with Gasteiger partial charge >= 0.3 is 12.2 Å². The number of anilines is 3. The van der Waals surface area contributed by atoms with E-state index in [1.807, 2.05) is 48.5 Å². The summed E-state index contributed by atoms with van der Waals surface area (Å²) in [5, 5.41) is 12.7. The summed E-state index contributed by atoms with van der Waals surface area (Å²) >= 11 is 0. The number of nitrogens with zero attached hydrogens (tertiary/aromatic N) is 3. The summed E-state index contributed by atoms with van der Waals surface area (Å²) in [6.07, 6.45) is 6.64. The van der Waals surface area contributed by atoms with E-state index in [1.165, 1.54) is 6.20 Å². The summed E-state index contributed by atoms with van der Waals surface area (Å²) in [6.45, 7) is 12.3. The molecule has 13 heteroatoms. The van der Waals surface area contributed by atoms with Gasteiger partial charge in [-0.15, -0.1) is 0 Å². The molecule has 4 aromatic rings. The number of amides is 3. The monoisotopic (exact) mass is 692 g/mol. The topological polar surface area (TPSA) is 173 Å². The van der Waals surface area contributed by atoms with E-state index in [0.29, 0.717) is 35.4 Å². The lowest BCUT2D eigenvalue weighted by Gasteiger charge is -2.44. The number of alkyl carbamates (subject to hydrolysis) is 1. The van der Waals surface area contributed by atoms with E-state index in [2.05, 4.69) is 49.6 Å². The van der Waals surface area contributed by atoms with Gasteiger partial charge in [-0.3, -0.25) is 15.1 Å². The van der Waals surface area contributed by atoms with Gasteiger partial charge in [0.15, 0.2) is 5.69 Å². The third-order valence-corrected chi connectivity index (χ3v) is 8.19. The minimum absolute atomic E-state index is 0.0190. The molecule has 1 fully saturated rings. The lowest BCUT2D eigenvalue weighted by molar-refractivity contribution is 0.0482. The molecule has 5 rings (SSSR count). The molecule has 51 heavy (non-hydrogen) atoms. The van der Waals surface area contributed by atoms with Crippen molar-refractivity contribution in [1.29, 1.82) is 0 Å². The summed E-state index contributed by atoms with van der Waals surface area (Å²) in [5.74, 6) is -0.555. The van der Waals surface area contributed by atoms with Gasteiger partial charge < -0.3 is 36.1 Å². The van der Waals surface area contributed by atoms with Crippen molar-refractivity contribution in [2.45, 2.75) is 52.0 Å². The lowest BCUT2D eigenvalue weighted by atomic mass is 9.89. The second kappa shape index (κ2) is 16.1. The number of carbonyl (C=O) groups excluding carboxylic acids is 3. The Labute approximate surface area is 297 Å². The molecular weight excluding hydrogens is 648 g/mol. The molecule has 3 heterocycles. The van der Waals surface area contributed by atoms with Gasteiger partial charge in [0, 0.05) is 37.1 Å². The molecule has 266 valence electrons. The van der Waals surface area contributed by atoms with Crippen LogP contribution < -0.4 is 31.9 Å². The van der Waals surface area contributed by atoms with Crippen LogP contribution in [0.15, 0.2) is 92.0 Å². The number of rotatable bonds is 10. The number of nitrogens with one attached hydrogen (secondary N) is 4. The van der Waals surface area contributed by atoms with Gasteiger partial charge in [0.2, 0.25) is 0 Å². The smallest absolute Gasteiger partial charge is 0.412 e. The zero-order chi connectivity index (χ0) is 36.5. The molecule has 0 bridgehead atoms. The zero-order valence-corrected chi connectivity index (χ0v) is 29.2. The maximum Gasteiger partial charge on any atom is 0.412 e. The molecule has 1 saturated heterocycles. The number of pyridine rings is 2. The minimum atomic E-state index is -0.739. The van der Waals surface area contributed by atoms with Gasteiger partial charge in [-0.2, -0.15) is 0 Å². The maximum absolute atomic E-state index is 14.1. The number of fused-ring (bicyclic) bond motifs is 1. The Bertz CT molecular complexity index is 1910. The summed E-state index contributed by atoms with van der Waals surface area (Å²) in [6, 6.07) is 17.7. The van der Waals surface area contributed by atoms with Crippen molar-refractivity contribution in [1.82, 2.24) is 20.6 Å². The normalized spacial score (nSPS) is 17.4. The third-order valence-electron chi connectivity index (χ3n) is 8.19. The standard InChI is InChI=1S/C38H44N8O5/c1-6-25-12-13-27-19-29(44-36(48)50-23-26-10-8-7-9-11-26)34(42-28(27)18-25)35(47)43-30-20-40-16-14-32(30)46-21-24(2)33(41-17-15-39)31(22-46)45-37(49)51-38(3,4)5/h6-20,24,31,33,41H,1,21-23,39H2,2-5H3,(H,43,47)(H,44,48)(H,45,49)/b17-15-/t24-,31+,33-/m0/s1. The van der Waals surface area contributed by atoms with Crippen LogP contribution in [-0.4, -0.2) is 58.8 Å². The van der Waals surface area contributed by atoms with Gasteiger partial charge in [0.05, 0.1) is 40.9 Å². The summed E-state index contributed by atoms with van der Waals surface area (Å²) in [4.78, 5) is 50.9. The van der Waals surface area contributed by atoms with E-state index < -0.39 is 29.7 Å². The van der Waals surface area contributed by atoms with Crippen molar-refractivity contribution in [2.75, 3.05) is 28.6 Å². The fourth-order valence-corrected chi connectivity index (χ4v) is 5.91. The van der Waals surface area contributed by atoms with Gasteiger partial charge in [-0.25, -0.2) is 14.6 Å². The highest BCUT2D eigenvalue weighted by Crippen LogP contribution is 2.31. The molecule has 0 saturated carbocycles. The number of hydrogen-bond donors (Lipinski definition) is 5. The van der Waals surface area contributed by atoms with E-state index >= 15 is 0 Å². The number of nitrogens with two attached hydrogens (primary N) is 1. The number of benzene rings is 2. The maximum atomic E-state index is 14.1. The number of hydrogen-bond acceptors (Lipinski definition) is 10. The first-order valence-corrected chi connectivity index (χ1v) is 16.6. The predicted octanol–water partition coefficient (Wildman–Crippen LogP) is 6.01. The van der Waals surface area contributed by atoms with E-state index in [4.69, 9.17) is 15.2 Å². The van der Waals surface area contributed by atoms with Crippen LogP contribution >= 0.6 is 0 Å². The number of ether oxygens (including phenoxy) is 2. The molecule has 0 radical (unpaired) electrons. The van der Waals surface area contributed by atoms with Crippen molar-refractivity contribution in [3.8, 4) is 0 Å². The third kappa shape index (κ3) is 9.53. The van der Waals surface area contributed by atoms with E-state index in [0.717, 1.165) is 11.1 Å². The molecule has 2 aromatic carbocycles. The molecule has 6 N–H and O–H groups in total. The zero-order valence-electron chi connectivity index (χ0n) is 29.2. The molecule has 3 atom stereocenters. The Morgan fingerprint density at radius 2 is 1.80 bits per heavy atom. The minimum Gasteiger partial charge on any atom is -0.444 e. The van der Waals surface area contributed by atoms with E-state index in [-0.39, 0.29) is 29.9 Å². The first kappa shape index (κ1) is 36.2. The van der Waals surface area contributed by atoms with Crippen LogP contribution in [0.4, 0.5) is 26.7 Å². The predicted molar refractivity (Wildman–Crippen MR) is 199 cm³/mol. The van der Waals surface area contributed by atoms with E-state index in [1.54, 1.807) is 57.6 Å². The Morgan fingerprint density at radius 3 is 2.53 bits per heavy atom. The van der Waals surface area contributed by atoms with Crippen LogP contribution in [0.5, 0.6) is 0 Å². The lowest BCUT2D eigenvalue weighted by Crippen LogP contribution is -2.63. The highest BCUT2D eigenvalue weighted by Gasteiger charge is 2.37. The fourth-order valence-electron chi connectivity index (χ4n) is 5.91. The quantitative estimate of drug-likeness (QED) is 0.132. The SMILES string of the molecule is C=Cc1ccc2cc(NC(=O)OCc3ccccc3)c(C(=O)Nc3cnccc3N3C[C@H](C)[C@H](N/C=C\N)[C@H](NC(=O)OC(C)(C)C)C3)nc2c1. The van der Waals surface area contributed by atoms with Crippen LogP contribution in [-0.2, 0) is 16.1 Å². The molecule has 3 amide bonds. The van der Waals surface area contributed by atoms with Crippen LogP contribution in [0.1, 0.15) is 49.3 Å². The second-order valence-electron chi connectivity index (χ2n) is 13.3. The molecule has 1 aliphatic rings. The Balaban J connectivity index is 1.42. The second-order valence-corrected chi connectivity index (χ2v) is 13.3. The van der Waals surface area contributed by atoms with Gasteiger partial charge in [0.25, 0.3) is 5.91 Å². The summed E-state index contributed by atoms with van der Waals surface area (Å²) < 4.78 is 11.0. The first-order chi connectivity index (χ1) is 24.4. The van der Waals surface area contributed by atoms with E-state index in [9.17, 15) is 14.4 Å².